The van der Waals surface area contributed by atoms with Crippen molar-refractivity contribution in [3.63, 3.8) is 0 Å². The molecule has 0 aromatic heterocycles. The molecule has 0 unspecified atom stereocenters. The third kappa shape index (κ3) is 4.90. The van der Waals surface area contributed by atoms with Crippen LogP contribution in [0.2, 0.25) is 0 Å². The van der Waals surface area contributed by atoms with E-state index in [1.54, 1.807) is 11.8 Å². The number of piperidine rings is 1. The summed E-state index contributed by atoms with van der Waals surface area (Å²) >= 11 is 0. The summed E-state index contributed by atoms with van der Waals surface area (Å²) in [7, 11) is 4.07. The quantitative estimate of drug-likeness (QED) is 0.583. The molecule has 1 aliphatic heterocycles. The van der Waals surface area contributed by atoms with E-state index in [1.807, 2.05) is 0 Å². The van der Waals surface area contributed by atoms with Crippen molar-refractivity contribution in [1.29, 1.82) is 0 Å². The first-order valence-electron chi connectivity index (χ1n) is 6.86. The Balaban J connectivity index is 2.65. The number of hydrogen-bond acceptors (Lipinski definition) is 7. The lowest BCUT2D eigenvalue weighted by atomic mass is 10.0. The molecule has 0 aromatic rings. The summed E-state index contributed by atoms with van der Waals surface area (Å²) in [4.78, 5) is 34.6. The zero-order valence-electron chi connectivity index (χ0n) is 13.3. The number of nitrogens with zero attached hydrogens (tertiary/aromatic N) is 3. The maximum Gasteiger partial charge on any atom is 0.407 e. The number of nitrogens with one attached hydrogen (secondary N) is 1. The zero-order chi connectivity index (χ0) is 16.5. The van der Waals surface area contributed by atoms with Crippen molar-refractivity contribution in [2.45, 2.75) is 25.8 Å². The molecule has 0 aliphatic carbocycles. The Morgan fingerprint density at radius 1 is 1.09 bits per heavy atom. The molecule has 0 spiro atoms. The molecule has 0 saturated carbocycles. The lowest BCUT2D eigenvalue weighted by Gasteiger charge is -2.32. The lowest BCUT2D eigenvalue weighted by molar-refractivity contribution is -0.125. The van der Waals surface area contributed by atoms with Crippen LogP contribution < -0.4 is 5.32 Å². The highest BCUT2D eigenvalue weighted by Gasteiger charge is 2.28. The summed E-state index contributed by atoms with van der Waals surface area (Å²) in [6.45, 7) is 2.61. The van der Waals surface area contributed by atoms with Crippen LogP contribution in [-0.2, 0) is 19.2 Å². The average molecular weight is 314 g/mol. The predicted octanol–water partition coefficient (Wildman–Crippen LogP) is 0.358. The van der Waals surface area contributed by atoms with Gasteiger partial charge in [-0.05, 0) is 19.8 Å². The van der Waals surface area contributed by atoms with E-state index in [9.17, 15) is 9.59 Å². The molecule has 124 valence electrons. The van der Waals surface area contributed by atoms with E-state index in [0.717, 1.165) is 0 Å². The third-order valence-electron chi connectivity index (χ3n) is 3.25. The minimum absolute atomic E-state index is 0.00643. The number of carbonyl (C=O) groups is 2. The van der Waals surface area contributed by atoms with Crippen LogP contribution in [0, 0.1) is 0 Å². The van der Waals surface area contributed by atoms with Crippen LogP contribution >= 0.6 is 0 Å². The molecule has 1 fully saturated rings. The first-order chi connectivity index (χ1) is 10.5. The van der Waals surface area contributed by atoms with Gasteiger partial charge in [0.2, 0.25) is 0 Å². The van der Waals surface area contributed by atoms with E-state index in [1.165, 1.54) is 21.3 Å². The van der Waals surface area contributed by atoms with Gasteiger partial charge in [0.25, 0.3) is 5.91 Å². The van der Waals surface area contributed by atoms with E-state index in [-0.39, 0.29) is 17.7 Å². The van der Waals surface area contributed by atoms with Gasteiger partial charge in [0.1, 0.15) is 19.9 Å². The van der Waals surface area contributed by atoms with Crippen LogP contribution in [-0.4, -0.2) is 68.8 Å². The van der Waals surface area contributed by atoms with Crippen LogP contribution in [0.4, 0.5) is 4.79 Å². The van der Waals surface area contributed by atoms with Crippen LogP contribution in [0.3, 0.4) is 0 Å². The monoisotopic (exact) mass is 314 g/mol. The fourth-order valence-corrected chi connectivity index (χ4v) is 2.13. The number of amides is 2. The maximum absolute atomic E-state index is 12.5. The second-order valence-electron chi connectivity index (χ2n) is 4.68. The molecular weight excluding hydrogens is 292 g/mol. The summed E-state index contributed by atoms with van der Waals surface area (Å²) in [6, 6.07) is -0.00643. The normalized spacial score (nSPS) is 17.0. The minimum atomic E-state index is -0.463. The smallest absolute Gasteiger partial charge is 0.407 e. The van der Waals surface area contributed by atoms with E-state index in [4.69, 9.17) is 4.84 Å². The van der Waals surface area contributed by atoms with Crippen molar-refractivity contribution >= 4 is 23.4 Å². The number of rotatable bonds is 5. The van der Waals surface area contributed by atoms with Gasteiger partial charge in [0, 0.05) is 19.1 Å². The molecule has 1 rings (SSSR count). The summed E-state index contributed by atoms with van der Waals surface area (Å²) in [5.41, 5.74) is 0.438. The maximum atomic E-state index is 12.5. The van der Waals surface area contributed by atoms with Gasteiger partial charge in [-0.15, -0.1) is 0 Å². The topological polar surface area (TPSA) is 102 Å². The highest BCUT2D eigenvalue weighted by molar-refractivity contribution is 6.66. The number of carbonyl (C=O) groups excluding carboxylic acids is 2. The largest absolute Gasteiger partial charge is 0.453 e. The molecule has 0 bridgehead atoms. The second-order valence-corrected chi connectivity index (χ2v) is 4.68. The van der Waals surface area contributed by atoms with Crippen LogP contribution in [0.5, 0.6) is 0 Å². The molecule has 2 amide bonds. The molecule has 22 heavy (non-hydrogen) atoms. The zero-order valence-corrected chi connectivity index (χ0v) is 13.3. The number of likely N-dealkylation sites (tertiary alicyclic amines) is 1. The van der Waals surface area contributed by atoms with Crippen molar-refractivity contribution in [2.24, 2.45) is 10.3 Å². The Kier molecular flexibility index (Phi) is 7.14. The van der Waals surface area contributed by atoms with Gasteiger partial charge >= 0.3 is 6.09 Å². The van der Waals surface area contributed by atoms with E-state index < -0.39 is 6.09 Å². The van der Waals surface area contributed by atoms with Crippen molar-refractivity contribution in [1.82, 2.24) is 10.2 Å². The second kappa shape index (κ2) is 8.85. The Morgan fingerprint density at radius 2 is 1.68 bits per heavy atom. The SMILES string of the molecule is CON=C(C)C(=NOC)C(=O)N1CCC(NC(=O)OC)CC1. The highest BCUT2D eigenvalue weighted by Crippen LogP contribution is 2.11. The van der Waals surface area contributed by atoms with Crippen LogP contribution in [0.15, 0.2) is 10.3 Å². The minimum Gasteiger partial charge on any atom is -0.453 e. The van der Waals surface area contributed by atoms with E-state index in [0.29, 0.717) is 31.6 Å². The van der Waals surface area contributed by atoms with Crippen LogP contribution in [0.25, 0.3) is 0 Å². The lowest BCUT2D eigenvalue weighted by Crippen LogP contribution is -2.49. The summed E-state index contributed by atoms with van der Waals surface area (Å²) in [6.07, 6.45) is 0.817. The molecule has 0 radical (unpaired) electrons. The van der Waals surface area contributed by atoms with Gasteiger partial charge in [-0.25, -0.2) is 4.79 Å². The van der Waals surface area contributed by atoms with Crippen molar-refractivity contribution < 1.29 is 24.0 Å². The fraction of sp³-hybridized carbons (Fsp3) is 0.692. The van der Waals surface area contributed by atoms with Gasteiger partial charge in [0.15, 0.2) is 5.71 Å². The first kappa shape index (κ1) is 17.7. The van der Waals surface area contributed by atoms with Crippen molar-refractivity contribution in [3.8, 4) is 0 Å². The van der Waals surface area contributed by atoms with Crippen LogP contribution in [0.1, 0.15) is 19.8 Å². The molecule has 9 heteroatoms. The molecule has 1 aliphatic rings. The number of alkyl carbamates (subject to hydrolysis) is 1. The molecule has 1 heterocycles. The molecule has 1 saturated heterocycles. The van der Waals surface area contributed by atoms with Gasteiger partial charge in [0.05, 0.1) is 7.11 Å². The Labute approximate surface area is 129 Å². The molecule has 1 N–H and O–H groups in total. The summed E-state index contributed by atoms with van der Waals surface area (Å²) < 4.78 is 4.56. The van der Waals surface area contributed by atoms with E-state index in [2.05, 4.69) is 25.2 Å². The Morgan fingerprint density at radius 3 is 2.18 bits per heavy atom. The molecule has 9 nitrogen and oxygen atoms in total. The van der Waals surface area contributed by atoms with Gasteiger partial charge in [-0.2, -0.15) is 0 Å². The molecular formula is C13H22N4O5. The predicted molar refractivity (Wildman–Crippen MR) is 79.7 cm³/mol. The Bertz CT molecular complexity index is 455. The summed E-state index contributed by atoms with van der Waals surface area (Å²) in [5, 5.41) is 10.2. The van der Waals surface area contributed by atoms with Gasteiger partial charge in [-0.1, -0.05) is 10.3 Å². The highest BCUT2D eigenvalue weighted by atomic mass is 16.6. The Hall–Kier alpha value is -2.32. The van der Waals surface area contributed by atoms with E-state index >= 15 is 0 Å². The van der Waals surface area contributed by atoms with Gasteiger partial charge in [-0.3, -0.25) is 4.79 Å². The number of methoxy groups -OCH3 is 1. The number of oxime groups is 2. The van der Waals surface area contributed by atoms with Gasteiger partial charge < -0.3 is 24.6 Å². The molecule has 0 atom stereocenters. The standard InChI is InChI=1S/C13H22N4O5/c1-9(15-21-3)11(16-22-4)12(18)17-7-5-10(6-8-17)14-13(19)20-2/h10H,5-8H2,1-4H3,(H,14,19). The molecule has 0 aromatic carbocycles. The first-order valence-corrected chi connectivity index (χ1v) is 6.86. The number of ether oxygens (including phenoxy) is 1. The van der Waals surface area contributed by atoms with Crippen molar-refractivity contribution in [3.05, 3.63) is 0 Å². The average Bonchev–Trinajstić information content (AvgIpc) is 2.52. The van der Waals surface area contributed by atoms with Crippen molar-refractivity contribution in [2.75, 3.05) is 34.4 Å². The summed E-state index contributed by atoms with van der Waals surface area (Å²) in [5.74, 6) is -0.281. The third-order valence-corrected chi connectivity index (χ3v) is 3.25. The fourth-order valence-electron chi connectivity index (χ4n) is 2.13. The number of hydrogen-bond donors (Lipinski definition) is 1.